The van der Waals surface area contributed by atoms with Crippen LogP contribution in [-0.2, 0) is 0 Å². The van der Waals surface area contributed by atoms with Crippen molar-refractivity contribution in [1.29, 1.82) is 0 Å². The fourth-order valence-electron chi connectivity index (χ4n) is 10.8. The third-order valence-corrected chi connectivity index (χ3v) is 13.5. The second-order valence-electron chi connectivity index (χ2n) is 16.3. The van der Waals surface area contributed by atoms with Gasteiger partial charge in [0.25, 0.3) is 0 Å². The summed E-state index contributed by atoms with van der Waals surface area (Å²) in [5.74, 6) is 4.47. The molecule has 5 aliphatic heterocycles. The highest BCUT2D eigenvalue weighted by molar-refractivity contribution is 5.41. The normalized spacial score (nSPS) is 33.4. The molecule has 5 aliphatic rings. The van der Waals surface area contributed by atoms with E-state index in [2.05, 4.69) is 143 Å². The summed E-state index contributed by atoms with van der Waals surface area (Å²) in [4.78, 5) is 0. The average molecular weight is 753 g/mol. The predicted molar refractivity (Wildman–Crippen MR) is 223 cm³/mol. The molecule has 3 fully saturated rings. The van der Waals surface area contributed by atoms with E-state index in [1.807, 2.05) is 0 Å². The van der Waals surface area contributed by atoms with E-state index in [1.54, 1.807) is 28.4 Å². The van der Waals surface area contributed by atoms with Crippen LogP contribution in [0, 0.1) is 0 Å². The van der Waals surface area contributed by atoms with Gasteiger partial charge in [-0.25, -0.2) is 0 Å². The molecule has 4 aromatic carbocycles. The molecule has 8 heteroatoms. The van der Waals surface area contributed by atoms with Crippen molar-refractivity contribution in [2.75, 3.05) is 28.4 Å². The molecule has 12 atom stereocenters. The number of nitrogens with one attached hydrogen (secondary N) is 4. The van der Waals surface area contributed by atoms with Crippen molar-refractivity contribution < 1.29 is 18.9 Å². The van der Waals surface area contributed by atoms with Crippen LogP contribution in [0.4, 0.5) is 0 Å². The van der Waals surface area contributed by atoms with Gasteiger partial charge in [0.15, 0.2) is 0 Å². The smallest absolute Gasteiger partial charge is 0.118 e. The summed E-state index contributed by atoms with van der Waals surface area (Å²) in [5.41, 5.74) is 5.32. The first-order valence-electron chi connectivity index (χ1n) is 20.5. The lowest BCUT2D eigenvalue weighted by Crippen LogP contribution is -2.52. The minimum Gasteiger partial charge on any atom is -0.497 e. The first-order chi connectivity index (χ1) is 27.5. The van der Waals surface area contributed by atoms with Crippen LogP contribution in [0.2, 0.25) is 0 Å². The van der Waals surface area contributed by atoms with Crippen molar-refractivity contribution in [3.63, 3.8) is 0 Å². The number of hydrogen-bond acceptors (Lipinski definition) is 8. The van der Waals surface area contributed by atoms with Crippen molar-refractivity contribution in [2.24, 2.45) is 0 Å². The Bertz CT molecular complexity index is 1700. The first kappa shape index (κ1) is 37.0. The first-order valence-corrected chi connectivity index (χ1v) is 20.5. The maximum atomic E-state index is 5.61. The van der Waals surface area contributed by atoms with E-state index >= 15 is 0 Å². The summed E-state index contributed by atoms with van der Waals surface area (Å²) < 4.78 is 22.4. The van der Waals surface area contributed by atoms with Gasteiger partial charge in [0.05, 0.1) is 28.4 Å². The molecule has 56 heavy (non-hydrogen) atoms. The van der Waals surface area contributed by atoms with Crippen LogP contribution in [0.25, 0.3) is 0 Å². The molecule has 0 saturated carbocycles. The summed E-state index contributed by atoms with van der Waals surface area (Å²) >= 11 is 0. The monoisotopic (exact) mass is 752 g/mol. The molecule has 4 N–H and O–H groups in total. The summed E-state index contributed by atoms with van der Waals surface area (Å²) in [6.07, 6.45) is 14.2. The van der Waals surface area contributed by atoms with Crippen LogP contribution in [0.5, 0.6) is 23.0 Å². The predicted octanol–water partition coefficient (Wildman–Crippen LogP) is 7.20. The molecule has 0 amide bonds. The Morgan fingerprint density at radius 3 is 0.732 bits per heavy atom. The van der Waals surface area contributed by atoms with Gasteiger partial charge >= 0.3 is 0 Å². The Hall–Kier alpha value is -4.60. The minimum atomic E-state index is 0.163. The molecule has 292 valence electrons. The highest BCUT2D eigenvalue weighted by Gasteiger charge is 2.47. The lowest BCUT2D eigenvalue weighted by atomic mass is 9.83. The number of methoxy groups -OCH3 is 4. The maximum absolute atomic E-state index is 5.61. The lowest BCUT2D eigenvalue weighted by Gasteiger charge is -2.38. The topological polar surface area (TPSA) is 85.0 Å². The van der Waals surface area contributed by atoms with E-state index in [-0.39, 0.29) is 72.0 Å². The molecular weight excluding hydrogens is 697 g/mol. The third kappa shape index (κ3) is 7.13. The Kier molecular flexibility index (Phi) is 10.6. The van der Waals surface area contributed by atoms with Crippen LogP contribution in [0.3, 0.4) is 0 Å². The molecule has 8 nitrogen and oxygen atoms in total. The van der Waals surface area contributed by atoms with Crippen LogP contribution in [-0.4, -0.2) is 76.8 Å². The quantitative estimate of drug-likeness (QED) is 0.141. The van der Waals surface area contributed by atoms with E-state index < -0.39 is 0 Å². The SMILES string of the molecule is COc1ccc(C2C3C=CC(N3)C(c3ccc(OC)cc3)C3CCC(N3)C(c3ccc(OC)cc3)C3C=CC(N3)C(c3ccc(OC)cc3)C3CCC2N3)cc1. The molecule has 0 aliphatic carbocycles. The van der Waals surface area contributed by atoms with E-state index in [1.165, 1.54) is 22.3 Å². The summed E-state index contributed by atoms with van der Waals surface area (Å²) in [7, 11) is 6.97. The molecule has 5 heterocycles. The van der Waals surface area contributed by atoms with Crippen LogP contribution >= 0.6 is 0 Å². The van der Waals surface area contributed by atoms with Gasteiger partial charge in [-0.3, -0.25) is 0 Å². The van der Waals surface area contributed by atoms with Gasteiger partial charge in [-0.2, -0.15) is 0 Å². The Morgan fingerprint density at radius 2 is 0.536 bits per heavy atom. The number of fused-ring (bicyclic) bond motifs is 8. The largest absolute Gasteiger partial charge is 0.497 e. The molecule has 3 saturated heterocycles. The second-order valence-corrected chi connectivity index (χ2v) is 16.3. The number of rotatable bonds is 8. The molecule has 12 unspecified atom stereocenters. The standard InChI is InChI=1S/C48H56N4O4/c1-53-33-13-5-29(6-14-33)45-37-21-23-39(49-37)46(30-7-15-34(54-2)16-8-30)41-25-27-43(51-41)48(32-11-19-36(56-4)20-12-32)44-28-26-42(52-44)47(40-24-22-38(45)50-40)31-9-17-35(55-3)18-10-31/h5-21,23,26,28,37-52H,22,24-25,27H2,1-4H3. The molecular formula is C48H56N4O4. The number of benzene rings is 4. The lowest BCUT2D eigenvalue weighted by molar-refractivity contribution is 0.316. The highest BCUT2D eigenvalue weighted by Crippen LogP contribution is 2.44. The molecule has 0 radical (unpaired) electrons. The average Bonchev–Trinajstić information content (AvgIpc) is 4.10. The molecule has 4 aromatic rings. The summed E-state index contributed by atoms with van der Waals surface area (Å²) in [6, 6.07) is 36.9. The van der Waals surface area contributed by atoms with Gasteiger partial charge < -0.3 is 40.2 Å². The van der Waals surface area contributed by atoms with Gasteiger partial charge in [0.1, 0.15) is 23.0 Å². The Balaban J connectivity index is 1.14. The van der Waals surface area contributed by atoms with Gasteiger partial charge in [0, 0.05) is 72.0 Å². The zero-order valence-electron chi connectivity index (χ0n) is 32.9. The van der Waals surface area contributed by atoms with Gasteiger partial charge in [0.2, 0.25) is 0 Å². The van der Waals surface area contributed by atoms with Crippen molar-refractivity contribution >= 4 is 0 Å². The molecule has 8 bridgehead atoms. The summed E-state index contributed by atoms with van der Waals surface area (Å²) in [5, 5.41) is 17.0. The zero-order valence-corrected chi connectivity index (χ0v) is 32.9. The van der Waals surface area contributed by atoms with Gasteiger partial charge in [-0.1, -0.05) is 72.8 Å². The number of ether oxygens (including phenoxy) is 4. The van der Waals surface area contributed by atoms with Crippen molar-refractivity contribution in [1.82, 2.24) is 21.3 Å². The molecule has 0 spiro atoms. The van der Waals surface area contributed by atoms with E-state index in [0.717, 1.165) is 48.7 Å². The van der Waals surface area contributed by atoms with Crippen molar-refractivity contribution in [2.45, 2.75) is 97.7 Å². The van der Waals surface area contributed by atoms with E-state index in [4.69, 9.17) is 18.9 Å². The van der Waals surface area contributed by atoms with E-state index in [9.17, 15) is 0 Å². The van der Waals surface area contributed by atoms with Crippen LogP contribution < -0.4 is 40.2 Å². The minimum absolute atomic E-state index is 0.163. The second kappa shape index (κ2) is 16.1. The molecule has 0 aromatic heterocycles. The Labute approximate surface area is 332 Å². The van der Waals surface area contributed by atoms with Crippen molar-refractivity contribution in [3.05, 3.63) is 144 Å². The maximum Gasteiger partial charge on any atom is 0.118 e. The zero-order chi connectivity index (χ0) is 38.2. The van der Waals surface area contributed by atoms with E-state index in [0.29, 0.717) is 0 Å². The van der Waals surface area contributed by atoms with Gasteiger partial charge in [-0.15, -0.1) is 0 Å². The third-order valence-electron chi connectivity index (χ3n) is 13.5. The highest BCUT2D eigenvalue weighted by atomic mass is 16.5. The van der Waals surface area contributed by atoms with Crippen LogP contribution in [0.15, 0.2) is 121 Å². The van der Waals surface area contributed by atoms with Gasteiger partial charge in [-0.05, 0) is 96.5 Å². The Morgan fingerprint density at radius 1 is 0.321 bits per heavy atom. The number of hydrogen-bond donors (Lipinski definition) is 4. The van der Waals surface area contributed by atoms with Crippen LogP contribution in [0.1, 0.15) is 71.6 Å². The fraction of sp³-hybridized carbons (Fsp3) is 0.417. The molecule has 9 rings (SSSR count). The fourth-order valence-corrected chi connectivity index (χ4v) is 10.8. The van der Waals surface area contributed by atoms with Crippen molar-refractivity contribution in [3.8, 4) is 23.0 Å². The summed E-state index contributed by atoms with van der Waals surface area (Å²) in [6.45, 7) is 0.